The van der Waals surface area contributed by atoms with Gasteiger partial charge in [0.15, 0.2) is 0 Å². The molecule has 0 heterocycles. The van der Waals surface area contributed by atoms with Crippen molar-refractivity contribution in [1.82, 2.24) is 10.2 Å². The number of methoxy groups -OCH3 is 2. The van der Waals surface area contributed by atoms with Crippen LogP contribution in [0.25, 0.3) is 11.1 Å². The minimum atomic E-state index is -0.994. The number of hydrogen-bond acceptors (Lipinski definition) is 5. The van der Waals surface area contributed by atoms with E-state index in [1.54, 1.807) is 49.5 Å². The summed E-state index contributed by atoms with van der Waals surface area (Å²) < 4.78 is 10.9. The molecule has 0 aromatic heterocycles. The fourth-order valence-corrected chi connectivity index (χ4v) is 6.01. The number of carbonyl (C=O) groups excluding carboxylic acids is 2. The molecule has 0 saturated heterocycles. The van der Waals surface area contributed by atoms with Crippen molar-refractivity contribution in [2.45, 2.75) is 38.1 Å². The molecule has 1 unspecified atom stereocenters. The zero-order chi connectivity index (χ0) is 31.8. The summed E-state index contributed by atoms with van der Waals surface area (Å²) in [4.78, 5) is 41.0. The highest BCUT2D eigenvalue weighted by atomic mass is 16.5. The Balaban J connectivity index is 1.44. The number of aliphatic carboxylic acids is 1. The number of amides is 2. The lowest BCUT2D eigenvalue weighted by molar-refractivity contribution is -0.137. The summed E-state index contributed by atoms with van der Waals surface area (Å²) in [5.74, 6) is -0.201. The summed E-state index contributed by atoms with van der Waals surface area (Å²) in [6.07, 6.45) is 3.07. The highest BCUT2D eigenvalue weighted by molar-refractivity contribution is 6.06. The standard InChI is InChI=1S/C37H38N2O6/c1-44-27-18-19-34(45-2)26(24-27)20-22-39(23-21-35(40)41)37(43)32-16-8-6-14-30(32)29-13-5-7-15-31(29)36(42)38-33-17-9-11-25-10-3-4-12-28(25)33/h3-8,10,12-16,18-19,24,33H,9,11,17,20-23H2,1-2H3,(H,38,42)(H,40,41). The van der Waals surface area contributed by atoms with Crippen molar-refractivity contribution in [1.29, 1.82) is 0 Å². The van der Waals surface area contributed by atoms with Crippen LogP contribution in [0.2, 0.25) is 0 Å². The summed E-state index contributed by atoms with van der Waals surface area (Å²) in [5.41, 5.74) is 5.35. The van der Waals surface area contributed by atoms with Crippen LogP contribution >= 0.6 is 0 Å². The number of nitrogens with one attached hydrogen (secondary N) is 1. The zero-order valence-corrected chi connectivity index (χ0v) is 25.6. The van der Waals surface area contributed by atoms with Crippen molar-refractivity contribution < 1.29 is 29.0 Å². The molecular weight excluding hydrogens is 568 g/mol. The largest absolute Gasteiger partial charge is 0.497 e. The molecule has 45 heavy (non-hydrogen) atoms. The van der Waals surface area contributed by atoms with E-state index in [9.17, 15) is 19.5 Å². The van der Waals surface area contributed by atoms with Crippen molar-refractivity contribution in [2.75, 3.05) is 27.3 Å². The number of ether oxygens (including phenoxy) is 2. The number of carboxylic acids is 1. The molecule has 0 aliphatic heterocycles. The van der Waals surface area contributed by atoms with Gasteiger partial charge in [0.1, 0.15) is 11.5 Å². The molecule has 0 spiro atoms. The molecule has 8 heteroatoms. The van der Waals surface area contributed by atoms with Crippen molar-refractivity contribution in [3.8, 4) is 22.6 Å². The lowest BCUT2D eigenvalue weighted by Gasteiger charge is -2.27. The Labute approximate surface area is 263 Å². The Kier molecular flexibility index (Phi) is 10.1. The molecule has 1 aliphatic carbocycles. The normalized spacial score (nSPS) is 13.8. The van der Waals surface area contributed by atoms with Gasteiger partial charge in [-0.1, -0.05) is 60.7 Å². The second-order valence-corrected chi connectivity index (χ2v) is 11.1. The van der Waals surface area contributed by atoms with Crippen molar-refractivity contribution >= 4 is 17.8 Å². The maximum Gasteiger partial charge on any atom is 0.305 e. The third-order valence-electron chi connectivity index (χ3n) is 8.32. The average molecular weight is 607 g/mol. The summed E-state index contributed by atoms with van der Waals surface area (Å²) in [7, 11) is 3.16. The molecule has 0 fully saturated rings. The van der Waals surface area contributed by atoms with Crippen molar-refractivity contribution in [3.05, 3.63) is 119 Å². The third-order valence-corrected chi connectivity index (χ3v) is 8.32. The van der Waals surface area contributed by atoms with E-state index in [1.165, 1.54) is 5.56 Å². The highest BCUT2D eigenvalue weighted by Gasteiger charge is 2.26. The van der Waals surface area contributed by atoms with Crippen molar-refractivity contribution in [2.24, 2.45) is 0 Å². The molecule has 1 atom stereocenters. The van der Waals surface area contributed by atoms with Gasteiger partial charge in [0.25, 0.3) is 11.8 Å². The summed E-state index contributed by atoms with van der Waals surface area (Å²) in [6.45, 7) is 0.283. The smallest absolute Gasteiger partial charge is 0.305 e. The molecule has 2 N–H and O–H groups in total. The number of aryl methyl sites for hydroxylation is 1. The fourth-order valence-electron chi connectivity index (χ4n) is 6.01. The van der Waals surface area contributed by atoms with E-state index >= 15 is 0 Å². The number of fused-ring (bicyclic) bond motifs is 1. The van der Waals surface area contributed by atoms with E-state index in [-0.39, 0.29) is 37.4 Å². The van der Waals surface area contributed by atoms with Gasteiger partial charge >= 0.3 is 5.97 Å². The van der Waals surface area contributed by atoms with Gasteiger partial charge in [0.2, 0.25) is 0 Å². The van der Waals surface area contributed by atoms with Crippen LogP contribution in [-0.2, 0) is 17.6 Å². The molecule has 4 aromatic rings. The van der Waals surface area contributed by atoms with E-state index in [4.69, 9.17) is 9.47 Å². The first-order valence-electron chi connectivity index (χ1n) is 15.2. The van der Waals surface area contributed by atoms with Crippen LogP contribution in [-0.4, -0.2) is 55.1 Å². The van der Waals surface area contributed by atoms with Gasteiger partial charge in [0.05, 0.1) is 26.7 Å². The highest BCUT2D eigenvalue weighted by Crippen LogP contribution is 2.32. The molecule has 0 saturated carbocycles. The van der Waals surface area contributed by atoms with Gasteiger partial charge in [-0.3, -0.25) is 14.4 Å². The van der Waals surface area contributed by atoms with E-state index in [0.29, 0.717) is 40.2 Å². The lowest BCUT2D eigenvalue weighted by atomic mass is 9.87. The van der Waals surface area contributed by atoms with Gasteiger partial charge in [-0.25, -0.2) is 0 Å². The van der Waals surface area contributed by atoms with Crippen LogP contribution in [0.3, 0.4) is 0 Å². The quantitative estimate of drug-likeness (QED) is 0.195. The van der Waals surface area contributed by atoms with E-state index < -0.39 is 5.97 Å². The number of hydrogen-bond donors (Lipinski definition) is 2. The van der Waals surface area contributed by atoms with Crippen LogP contribution in [0.15, 0.2) is 91.0 Å². The number of carbonyl (C=O) groups is 3. The Morgan fingerprint density at radius 1 is 0.844 bits per heavy atom. The van der Waals surface area contributed by atoms with Crippen molar-refractivity contribution in [3.63, 3.8) is 0 Å². The number of benzene rings is 4. The molecular formula is C37H38N2O6. The first-order chi connectivity index (χ1) is 21.9. The second kappa shape index (κ2) is 14.6. The van der Waals surface area contributed by atoms with Crippen LogP contribution in [0, 0.1) is 0 Å². The number of carboxylic acid groups (broad SMARTS) is 1. The molecule has 4 aromatic carbocycles. The predicted octanol–water partition coefficient (Wildman–Crippen LogP) is 6.34. The van der Waals surface area contributed by atoms with Crippen LogP contribution in [0.5, 0.6) is 11.5 Å². The Morgan fingerprint density at radius 2 is 1.53 bits per heavy atom. The Bertz CT molecular complexity index is 1680. The Hall–Kier alpha value is -5.11. The monoisotopic (exact) mass is 606 g/mol. The Morgan fingerprint density at radius 3 is 2.27 bits per heavy atom. The van der Waals surface area contributed by atoms with Crippen LogP contribution in [0.1, 0.15) is 62.7 Å². The summed E-state index contributed by atoms with van der Waals surface area (Å²) in [6, 6.07) is 28.0. The minimum Gasteiger partial charge on any atom is -0.497 e. The minimum absolute atomic E-state index is 0.0258. The van der Waals surface area contributed by atoms with Gasteiger partial charge in [-0.05, 0) is 83.8 Å². The molecule has 8 nitrogen and oxygen atoms in total. The topological polar surface area (TPSA) is 105 Å². The molecule has 0 radical (unpaired) electrons. The molecule has 0 bridgehead atoms. The number of rotatable bonds is 12. The summed E-state index contributed by atoms with van der Waals surface area (Å²) >= 11 is 0. The first kappa shape index (κ1) is 31.3. The molecule has 232 valence electrons. The van der Waals surface area contributed by atoms with E-state index in [1.807, 2.05) is 48.5 Å². The predicted molar refractivity (Wildman–Crippen MR) is 173 cm³/mol. The van der Waals surface area contributed by atoms with E-state index in [0.717, 1.165) is 30.4 Å². The van der Waals surface area contributed by atoms with Crippen LogP contribution in [0.4, 0.5) is 0 Å². The van der Waals surface area contributed by atoms with Gasteiger partial charge < -0.3 is 24.8 Å². The maximum atomic E-state index is 14.2. The average Bonchev–Trinajstić information content (AvgIpc) is 3.08. The molecule has 5 rings (SSSR count). The summed E-state index contributed by atoms with van der Waals surface area (Å²) in [5, 5.41) is 12.7. The third kappa shape index (κ3) is 7.34. The van der Waals surface area contributed by atoms with Gasteiger partial charge in [0, 0.05) is 24.2 Å². The van der Waals surface area contributed by atoms with E-state index in [2.05, 4.69) is 17.4 Å². The lowest BCUT2D eigenvalue weighted by Crippen LogP contribution is -2.35. The van der Waals surface area contributed by atoms with Gasteiger partial charge in [-0.2, -0.15) is 0 Å². The maximum absolute atomic E-state index is 14.2. The zero-order valence-electron chi connectivity index (χ0n) is 25.6. The number of nitrogens with zero attached hydrogens (tertiary/aromatic N) is 1. The SMILES string of the molecule is COc1ccc(OC)c(CCN(CCC(=O)O)C(=O)c2ccccc2-c2ccccc2C(=O)NC2CCCc3ccccc32)c1. The van der Waals surface area contributed by atoms with Crippen LogP contribution < -0.4 is 14.8 Å². The first-order valence-corrected chi connectivity index (χ1v) is 15.2. The molecule has 2 amide bonds. The second-order valence-electron chi connectivity index (χ2n) is 11.1. The fraction of sp³-hybridized carbons (Fsp3) is 0.270. The molecule has 1 aliphatic rings. The van der Waals surface area contributed by atoms with Gasteiger partial charge in [-0.15, -0.1) is 0 Å².